The van der Waals surface area contributed by atoms with Crippen LogP contribution in [0.1, 0.15) is 16.1 Å². The van der Waals surface area contributed by atoms with Crippen molar-refractivity contribution in [2.24, 2.45) is 7.05 Å². The first-order chi connectivity index (χ1) is 8.09. The van der Waals surface area contributed by atoms with Gasteiger partial charge in [-0.05, 0) is 12.1 Å². The Bertz CT molecular complexity index is 545. The van der Waals surface area contributed by atoms with Crippen LogP contribution >= 0.6 is 0 Å². The molecule has 0 amide bonds. The fourth-order valence-corrected chi connectivity index (χ4v) is 1.57. The molecule has 0 radical (unpaired) electrons. The van der Waals surface area contributed by atoms with E-state index in [2.05, 4.69) is 10.3 Å². The molecule has 1 aromatic heterocycles. The second-order valence-electron chi connectivity index (χ2n) is 4.02. The number of carbonyl (C=O) groups excluding carboxylic acids is 1. The van der Waals surface area contributed by atoms with Gasteiger partial charge in [-0.25, -0.2) is 4.68 Å². The number of aromatic nitrogens is 3. The lowest BCUT2D eigenvalue weighted by atomic mass is 10.1. The van der Waals surface area contributed by atoms with Gasteiger partial charge in [0.25, 0.3) is 0 Å². The molecule has 88 valence electrons. The van der Waals surface area contributed by atoms with Gasteiger partial charge in [-0.3, -0.25) is 4.79 Å². The van der Waals surface area contributed by atoms with E-state index in [1.807, 2.05) is 37.2 Å². The molecule has 0 atom stereocenters. The Morgan fingerprint density at radius 1 is 1.35 bits per heavy atom. The molecule has 2 rings (SSSR count). The lowest BCUT2D eigenvalue weighted by molar-refractivity contribution is 0.103. The number of rotatable bonds is 3. The maximum atomic E-state index is 12.2. The minimum absolute atomic E-state index is 0.0683. The van der Waals surface area contributed by atoms with E-state index in [0.29, 0.717) is 11.3 Å². The van der Waals surface area contributed by atoms with Gasteiger partial charge in [0.15, 0.2) is 0 Å². The van der Waals surface area contributed by atoms with Crippen molar-refractivity contribution >= 4 is 11.5 Å². The summed E-state index contributed by atoms with van der Waals surface area (Å²) in [5.41, 5.74) is 2.12. The highest BCUT2D eigenvalue weighted by Gasteiger charge is 2.14. The molecule has 0 spiro atoms. The number of nitrogens with zero attached hydrogens (tertiary/aromatic N) is 4. The van der Waals surface area contributed by atoms with E-state index >= 15 is 0 Å². The third-order valence-electron chi connectivity index (χ3n) is 2.57. The molecule has 1 heterocycles. The van der Waals surface area contributed by atoms with E-state index in [-0.39, 0.29) is 5.78 Å². The highest BCUT2D eigenvalue weighted by molar-refractivity contribution is 6.08. The van der Waals surface area contributed by atoms with Crippen molar-refractivity contribution < 1.29 is 4.79 Å². The predicted molar refractivity (Wildman–Crippen MR) is 65.2 cm³/mol. The molecule has 1 aromatic carbocycles. The Morgan fingerprint density at radius 3 is 2.71 bits per heavy atom. The minimum atomic E-state index is -0.0683. The van der Waals surface area contributed by atoms with E-state index in [1.165, 1.54) is 10.9 Å². The molecule has 0 saturated carbocycles. The van der Waals surface area contributed by atoms with E-state index in [4.69, 9.17) is 0 Å². The van der Waals surface area contributed by atoms with Gasteiger partial charge >= 0.3 is 0 Å². The van der Waals surface area contributed by atoms with Crippen LogP contribution in [0.4, 0.5) is 5.69 Å². The van der Waals surface area contributed by atoms with Crippen molar-refractivity contribution in [1.29, 1.82) is 0 Å². The maximum absolute atomic E-state index is 12.2. The van der Waals surface area contributed by atoms with Crippen LogP contribution in [0.25, 0.3) is 0 Å². The molecule has 2 aromatic rings. The van der Waals surface area contributed by atoms with Crippen LogP contribution < -0.4 is 4.90 Å². The van der Waals surface area contributed by atoms with Crippen molar-refractivity contribution in [2.75, 3.05) is 19.0 Å². The van der Waals surface area contributed by atoms with Gasteiger partial charge in [-0.2, -0.15) is 0 Å². The monoisotopic (exact) mass is 230 g/mol. The summed E-state index contributed by atoms with van der Waals surface area (Å²) in [5, 5.41) is 7.46. The zero-order valence-electron chi connectivity index (χ0n) is 10.1. The average molecular weight is 230 g/mol. The van der Waals surface area contributed by atoms with Crippen molar-refractivity contribution in [3.05, 3.63) is 41.7 Å². The quantitative estimate of drug-likeness (QED) is 0.741. The zero-order chi connectivity index (χ0) is 12.4. The Morgan fingerprint density at radius 2 is 2.12 bits per heavy atom. The van der Waals surface area contributed by atoms with E-state index in [9.17, 15) is 4.79 Å². The van der Waals surface area contributed by atoms with Gasteiger partial charge in [-0.1, -0.05) is 17.3 Å². The molecular formula is C12H14N4O. The van der Waals surface area contributed by atoms with E-state index in [1.54, 1.807) is 13.1 Å². The fourth-order valence-electron chi connectivity index (χ4n) is 1.57. The molecule has 0 bridgehead atoms. The highest BCUT2D eigenvalue weighted by atomic mass is 16.1. The average Bonchev–Trinajstić information content (AvgIpc) is 2.74. The lowest BCUT2D eigenvalue weighted by Gasteiger charge is -2.13. The Hall–Kier alpha value is -2.17. The summed E-state index contributed by atoms with van der Waals surface area (Å²) in [6.45, 7) is 0. The minimum Gasteiger partial charge on any atom is -0.378 e. The Labute approximate surface area is 99.7 Å². The first-order valence-corrected chi connectivity index (χ1v) is 5.26. The predicted octanol–water partition coefficient (Wildman–Crippen LogP) is 1.11. The molecule has 5 heteroatoms. The number of hydrogen-bond acceptors (Lipinski definition) is 4. The van der Waals surface area contributed by atoms with Crippen LogP contribution in [0.2, 0.25) is 0 Å². The molecule has 0 fully saturated rings. The van der Waals surface area contributed by atoms with Crippen LogP contribution in [0.5, 0.6) is 0 Å². The van der Waals surface area contributed by atoms with Crippen molar-refractivity contribution in [3.63, 3.8) is 0 Å². The zero-order valence-corrected chi connectivity index (χ0v) is 10.1. The van der Waals surface area contributed by atoms with Gasteiger partial charge in [0, 0.05) is 32.4 Å². The summed E-state index contributed by atoms with van der Waals surface area (Å²) in [7, 11) is 5.58. The summed E-state index contributed by atoms with van der Waals surface area (Å²) in [4.78, 5) is 14.1. The number of benzene rings is 1. The van der Waals surface area contributed by atoms with Gasteiger partial charge in [0.05, 0.1) is 6.20 Å². The number of anilines is 1. The topological polar surface area (TPSA) is 51.0 Å². The van der Waals surface area contributed by atoms with Gasteiger partial charge in [0.1, 0.15) is 5.69 Å². The van der Waals surface area contributed by atoms with Crippen LogP contribution in [-0.2, 0) is 7.05 Å². The molecule has 0 aliphatic heterocycles. The molecule has 5 nitrogen and oxygen atoms in total. The Kier molecular flexibility index (Phi) is 2.91. The first kappa shape index (κ1) is 11.3. The summed E-state index contributed by atoms with van der Waals surface area (Å²) in [5.74, 6) is -0.0683. The van der Waals surface area contributed by atoms with E-state index < -0.39 is 0 Å². The number of aryl methyl sites for hydroxylation is 1. The molecule has 17 heavy (non-hydrogen) atoms. The molecule has 0 saturated heterocycles. The normalized spacial score (nSPS) is 10.3. The third-order valence-corrected chi connectivity index (χ3v) is 2.57. The third kappa shape index (κ3) is 2.18. The Balaban J connectivity index is 2.38. The molecular weight excluding hydrogens is 216 g/mol. The molecule has 0 aliphatic rings. The van der Waals surface area contributed by atoms with Crippen molar-refractivity contribution in [3.8, 4) is 0 Å². The summed E-state index contributed by atoms with van der Waals surface area (Å²) < 4.78 is 1.48. The maximum Gasteiger partial charge on any atom is 0.212 e. The largest absolute Gasteiger partial charge is 0.378 e. The fraction of sp³-hybridized carbons (Fsp3) is 0.250. The van der Waals surface area contributed by atoms with Gasteiger partial charge < -0.3 is 4.90 Å². The van der Waals surface area contributed by atoms with Crippen LogP contribution in [-0.4, -0.2) is 34.9 Å². The van der Waals surface area contributed by atoms with Crippen molar-refractivity contribution in [1.82, 2.24) is 15.0 Å². The molecule has 0 aliphatic carbocycles. The summed E-state index contributed by atoms with van der Waals surface area (Å²) in [6.07, 6.45) is 1.48. The SMILES string of the molecule is CN(C)c1cccc(C(=O)c2cnnn2C)c1. The molecule has 0 N–H and O–H groups in total. The highest BCUT2D eigenvalue weighted by Crippen LogP contribution is 2.16. The van der Waals surface area contributed by atoms with Crippen LogP contribution in [0.3, 0.4) is 0 Å². The smallest absolute Gasteiger partial charge is 0.212 e. The van der Waals surface area contributed by atoms with Crippen LogP contribution in [0.15, 0.2) is 30.5 Å². The second-order valence-corrected chi connectivity index (χ2v) is 4.02. The molecule has 0 unspecified atom stereocenters. The van der Waals surface area contributed by atoms with Crippen LogP contribution in [0, 0.1) is 0 Å². The second kappa shape index (κ2) is 4.37. The number of hydrogen-bond donors (Lipinski definition) is 0. The summed E-state index contributed by atoms with van der Waals surface area (Å²) >= 11 is 0. The number of carbonyl (C=O) groups is 1. The summed E-state index contributed by atoms with van der Waals surface area (Å²) in [6, 6.07) is 7.47. The van der Waals surface area contributed by atoms with Gasteiger partial charge in [0.2, 0.25) is 5.78 Å². The first-order valence-electron chi connectivity index (χ1n) is 5.26. The van der Waals surface area contributed by atoms with E-state index in [0.717, 1.165) is 5.69 Å². The number of ketones is 1. The van der Waals surface area contributed by atoms with Gasteiger partial charge in [-0.15, -0.1) is 5.10 Å². The lowest BCUT2D eigenvalue weighted by Crippen LogP contribution is -2.11. The standard InChI is InChI=1S/C12H14N4O/c1-15(2)10-6-4-5-9(7-10)12(17)11-8-13-14-16(11)3/h4-8H,1-3H3. The van der Waals surface area contributed by atoms with Crippen molar-refractivity contribution in [2.45, 2.75) is 0 Å².